The predicted octanol–water partition coefficient (Wildman–Crippen LogP) is 17.5. The van der Waals surface area contributed by atoms with E-state index in [4.69, 9.17) is 15.2 Å². The Balaban J connectivity index is 3.30. The van der Waals surface area contributed by atoms with Crippen LogP contribution in [0.5, 0.6) is 0 Å². The lowest BCUT2D eigenvalue weighted by Crippen LogP contribution is -2.31. The van der Waals surface area contributed by atoms with Crippen LogP contribution in [0.4, 0.5) is 0 Å². The first kappa shape index (κ1) is 57.8. The highest BCUT2D eigenvalue weighted by atomic mass is 16.5. The molecule has 0 rings (SSSR count). The quantitative estimate of drug-likeness (QED) is 0.0621. The maximum atomic E-state index is 5.96. The first-order valence-electron chi connectivity index (χ1n) is 27.4. The Hall–Kier alpha value is -0.160. The number of hydrogen-bond acceptors (Lipinski definition) is 4. The van der Waals surface area contributed by atoms with E-state index in [0.29, 0.717) is 0 Å². The van der Waals surface area contributed by atoms with Crippen molar-refractivity contribution in [2.24, 2.45) is 5.73 Å². The van der Waals surface area contributed by atoms with Gasteiger partial charge in [-0.3, -0.25) is 0 Å². The van der Waals surface area contributed by atoms with E-state index in [1.807, 2.05) is 0 Å². The lowest BCUT2D eigenvalue weighted by molar-refractivity contribution is 0.125. The largest absolute Gasteiger partial charge is 0.381 e. The van der Waals surface area contributed by atoms with Crippen LogP contribution in [-0.4, -0.2) is 57.5 Å². The molecule has 0 saturated carbocycles. The van der Waals surface area contributed by atoms with Crippen LogP contribution in [0, 0.1) is 0 Å². The minimum absolute atomic E-state index is 0.804. The topological polar surface area (TPSA) is 47.7 Å². The van der Waals surface area contributed by atoms with Crippen LogP contribution in [0.15, 0.2) is 0 Å². The molecule has 0 aromatic carbocycles. The highest BCUT2D eigenvalue weighted by molar-refractivity contribution is 4.60. The van der Waals surface area contributed by atoms with Gasteiger partial charge in [0.15, 0.2) is 0 Å². The third-order valence-corrected chi connectivity index (χ3v) is 12.8. The average molecular weight is 822 g/mol. The van der Waals surface area contributed by atoms with E-state index in [9.17, 15) is 0 Å². The van der Waals surface area contributed by atoms with Gasteiger partial charge in [-0.15, -0.1) is 0 Å². The first-order valence-corrected chi connectivity index (χ1v) is 27.4. The van der Waals surface area contributed by atoms with E-state index >= 15 is 0 Å². The molecule has 0 aromatic rings. The second-order valence-corrected chi connectivity index (χ2v) is 18.7. The molecule has 0 spiro atoms. The zero-order valence-corrected chi connectivity index (χ0v) is 40.6. The molecule has 350 valence electrons. The van der Waals surface area contributed by atoms with Gasteiger partial charge in [-0.25, -0.2) is 0 Å². The fraction of sp³-hybridized carbons (Fsp3) is 1.00. The molecule has 0 atom stereocenters. The molecule has 0 aliphatic heterocycles. The fourth-order valence-electron chi connectivity index (χ4n) is 8.72. The zero-order chi connectivity index (χ0) is 41.8. The molecule has 0 radical (unpaired) electrons. The minimum Gasteiger partial charge on any atom is -0.381 e. The SMILES string of the molecule is CCCCCCCCCCCCCOCCCCCCCCCCCCCN(CCN)CCCCCCCCCCCCCOCCCCCCCCCCCCC. The van der Waals surface area contributed by atoms with Gasteiger partial charge in [-0.1, -0.05) is 258 Å². The number of unbranched alkanes of at least 4 members (excludes halogenated alkanes) is 40. The lowest BCUT2D eigenvalue weighted by atomic mass is 10.1. The Kier molecular flexibility index (Phi) is 54.7. The molecule has 0 fully saturated rings. The molecule has 2 N–H and O–H groups in total. The summed E-state index contributed by atoms with van der Waals surface area (Å²) in [4.78, 5) is 2.65. The van der Waals surface area contributed by atoms with E-state index in [2.05, 4.69) is 18.7 Å². The summed E-state index contributed by atoms with van der Waals surface area (Å²) < 4.78 is 11.8. The summed E-state index contributed by atoms with van der Waals surface area (Å²) in [5, 5.41) is 0. The van der Waals surface area contributed by atoms with Crippen molar-refractivity contribution in [2.75, 3.05) is 52.6 Å². The molecule has 0 aliphatic carbocycles. The van der Waals surface area contributed by atoms with Crippen LogP contribution in [0.2, 0.25) is 0 Å². The Labute approximate surface area is 367 Å². The van der Waals surface area contributed by atoms with Crippen LogP contribution in [0.1, 0.15) is 296 Å². The third kappa shape index (κ3) is 52.0. The van der Waals surface area contributed by atoms with Gasteiger partial charge >= 0.3 is 0 Å². The lowest BCUT2D eigenvalue weighted by Gasteiger charge is -2.21. The Morgan fingerprint density at radius 3 is 0.638 bits per heavy atom. The highest BCUT2D eigenvalue weighted by Crippen LogP contribution is 2.16. The summed E-state index contributed by atoms with van der Waals surface area (Å²) >= 11 is 0. The summed E-state index contributed by atoms with van der Waals surface area (Å²) in [6.07, 6.45) is 61.7. The Morgan fingerprint density at radius 1 is 0.241 bits per heavy atom. The highest BCUT2D eigenvalue weighted by Gasteiger charge is 2.04. The summed E-state index contributed by atoms with van der Waals surface area (Å²) in [6, 6.07) is 0. The molecule has 58 heavy (non-hydrogen) atoms. The van der Waals surface area contributed by atoms with Crippen molar-refractivity contribution in [3.63, 3.8) is 0 Å². The van der Waals surface area contributed by atoms with Crippen molar-refractivity contribution in [3.05, 3.63) is 0 Å². The van der Waals surface area contributed by atoms with Crippen molar-refractivity contribution < 1.29 is 9.47 Å². The van der Waals surface area contributed by atoms with E-state index < -0.39 is 0 Å². The van der Waals surface area contributed by atoms with Crippen molar-refractivity contribution >= 4 is 0 Å². The standard InChI is InChI=1S/C54H112N2O2/c1-3-5-7-9-11-13-19-25-31-37-43-51-57-53-45-39-33-27-21-15-17-23-29-35-41-48-56(50-47-55)49-42-36-30-24-18-16-22-28-34-40-46-54-58-52-44-38-32-26-20-14-12-10-8-6-4-2/h3-55H2,1-2H3. The second kappa shape index (κ2) is 54.9. The molecule has 0 saturated heterocycles. The van der Waals surface area contributed by atoms with Gasteiger partial charge in [0.1, 0.15) is 0 Å². The number of rotatable bonds is 54. The number of ether oxygens (including phenoxy) is 2. The summed E-state index contributed by atoms with van der Waals surface area (Å²) in [5.74, 6) is 0. The van der Waals surface area contributed by atoms with Gasteiger partial charge in [-0.2, -0.15) is 0 Å². The fourth-order valence-corrected chi connectivity index (χ4v) is 8.72. The molecule has 4 nitrogen and oxygen atoms in total. The second-order valence-electron chi connectivity index (χ2n) is 18.7. The molecule has 0 aliphatic rings. The summed E-state index contributed by atoms with van der Waals surface area (Å²) in [6.45, 7) is 12.9. The van der Waals surface area contributed by atoms with Gasteiger partial charge in [0.05, 0.1) is 0 Å². The Morgan fingerprint density at radius 2 is 0.431 bits per heavy atom. The monoisotopic (exact) mass is 821 g/mol. The maximum Gasteiger partial charge on any atom is 0.0466 e. The van der Waals surface area contributed by atoms with E-state index in [0.717, 1.165) is 39.5 Å². The smallest absolute Gasteiger partial charge is 0.0466 e. The summed E-state index contributed by atoms with van der Waals surface area (Å²) in [5.41, 5.74) is 5.96. The van der Waals surface area contributed by atoms with Crippen molar-refractivity contribution in [3.8, 4) is 0 Å². The van der Waals surface area contributed by atoms with Gasteiger partial charge in [0.25, 0.3) is 0 Å². The minimum atomic E-state index is 0.804. The molecular weight excluding hydrogens is 709 g/mol. The number of nitrogens with two attached hydrogens (primary N) is 1. The predicted molar refractivity (Wildman–Crippen MR) is 262 cm³/mol. The van der Waals surface area contributed by atoms with Crippen LogP contribution in [0.25, 0.3) is 0 Å². The van der Waals surface area contributed by atoms with Crippen molar-refractivity contribution in [2.45, 2.75) is 296 Å². The van der Waals surface area contributed by atoms with Gasteiger partial charge in [-0.05, 0) is 51.6 Å². The average Bonchev–Trinajstić information content (AvgIpc) is 3.23. The van der Waals surface area contributed by atoms with Crippen LogP contribution in [0.3, 0.4) is 0 Å². The van der Waals surface area contributed by atoms with Crippen molar-refractivity contribution in [1.29, 1.82) is 0 Å². The van der Waals surface area contributed by atoms with E-state index in [-0.39, 0.29) is 0 Å². The molecule has 4 heteroatoms. The molecule has 0 heterocycles. The van der Waals surface area contributed by atoms with E-state index in [1.165, 1.54) is 296 Å². The Bertz CT molecular complexity index is 636. The molecule has 0 amide bonds. The van der Waals surface area contributed by atoms with Gasteiger partial charge in [0.2, 0.25) is 0 Å². The van der Waals surface area contributed by atoms with Gasteiger partial charge < -0.3 is 20.1 Å². The molecule has 0 bridgehead atoms. The van der Waals surface area contributed by atoms with Gasteiger partial charge in [0, 0.05) is 39.5 Å². The molecule has 0 aromatic heterocycles. The number of hydrogen-bond donors (Lipinski definition) is 1. The zero-order valence-electron chi connectivity index (χ0n) is 40.6. The van der Waals surface area contributed by atoms with Crippen molar-refractivity contribution in [1.82, 2.24) is 4.90 Å². The molecule has 0 unspecified atom stereocenters. The van der Waals surface area contributed by atoms with Crippen LogP contribution in [-0.2, 0) is 9.47 Å². The normalized spacial score (nSPS) is 11.8. The third-order valence-electron chi connectivity index (χ3n) is 12.8. The van der Waals surface area contributed by atoms with Crippen LogP contribution < -0.4 is 5.73 Å². The first-order chi connectivity index (χ1) is 28.8. The van der Waals surface area contributed by atoms with Crippen LogP contribution >= 0.6 is 0 Å². The van der Waals surface area contributed by atoms with E-state index in [1.54, 1.807) is 0 Å². The number of nitrogens with zero attached hydrogens (tertiary/aromatic N) is 1. The summed E-state index contributed by atoms with van der Waals surface area (Å²) in [7, 11) is 0. The maximum absolute atomic E-state index is 5.96. The molecular formula is C54H112N2O2.